The molecule has 2 fully saturated rings. The van der Waals surface area contributed by atoms with Crippen LogP contribution in [0.15, 0.2) is 0 Å². The van der Waals surface area contributed by atoms with E-state index in [4.69, 9.17) is 9.47 Å². The summed E-state index contributed by atoms with van der Waals surface area (Å²) in [6, 6.07) is 0.594. The highest BCUT2D eigenvalue weighted by Crippen LogP contribution is 2.42. The number of nitrogens with one attached hydrogen (secondary N) is 2. The van der Waals surface area contributed by atoms with Crippen LogP contribution in [0.5, 0.6) is 0 Å². The maximum absolute atomic E-state index is 5.91. The Bertz CT molecular complexity index is 265. The number of methoxy groups -OCH3 is 1. The van der Waals surface area contributed by atoms with Gasteiger partial charge in [-0.05, 0) is 45.3 Å². The molecule has 0 amide bonds. The minimum absolute atomic E-state index is 0.268. The molecule has 1 saturated carbocycles. The first kappa shape index (κ1) is 15.2. The van der Waals surface area contributed by atoms with Gasteiger partial charge in [0.2, 0.25) is 0 Å². The molecule has 1 aliphatic heterocycles. The Morgan fingerprint density at radius 1 is 1.26 bits per heavy atom. The summed E-state index contributed by atoms with van der Waals surface area (Å²) in [5.74, 6) is 0. The minimum Gasteiger partial charge on any atom is -0.381 e. The number of piperidine rings is 1. The molecule has 0 aromatic carbocycles. The molecule has 0 bridgehead atoms. The zero-order valence-corrected chi connectivity index (χ0v) is 12.7. The second-order valence-corrected chi connectivity index (χ2v) is 6.46. The van der Waals surface area contributed by atoms with Crippen molar-refractivity contribution in [2.75, 3.05) is 33.4 Å². The molecule has 19 heavy (non-hydrogen) atoms. The summed E-state index contributed by atoms with van der Waals surface area (Å²) in [5, 5.41) is 7.00. The predicted molar refractivity (Wildman–Crippen MR) is 77.4 cm³/mol. The fraction of sp³-hybridized carbons (Fsp3) is 1.00. The third-order valence-electron chi connectivity index (χ3n) is 4.81. The Morgan fingerprint density at radius 3 is 2.63 bits per heavy atom. The van der Waals surface area contributed by atoms with Crippen LogP contribution in [0.3, 0.4) is 0 Å². The molecule has 2 aliphatic rings. The second kappa shape index (κ2) is 7.02. The van der Waals surface area contributed by atoms with E-state index in [0.717, 1.165) is 39.1 Å². The fourth-order valence-corrected chi connectivity index (χ4v) is 3.19. The average molecular weight is 270 g/mol. The molecule has 1 heterocycles. The Morgan fingerprint density at radius 2 is 2.00 bits per heavy atom. The first-order chi connectivity index (χ1) is 9.14. The van der Waals surface area contributed by atoms with Crippen LogP contribution in [-0.2, 0) is 9.47 Å². The molecule has 0 spiro atoms. The van der Waals surface area contributed by atoms with Gasteiger partial charge in [-0.25, -0.2) is 0 Å². The van der Waals surface area contributed by atoms with E-state index in [1.807, 2.05) is 7.11 Å². The summed E-state index contributed by atoms with van der Waals surface area (Å²) in [6.07, 6.45) is 5.47. The van der Waals surface area contributed by atoms with Crippen molar-refractivity contribution in [1.82, 2.24) is 10.6 Å². The van der Waals surface area contributed by atoms with Crippen LogP contribution in [0.1, 0.15) is 39.5 Å². The van der Waals surface area contributed by atoms with Gasteiger partial charge in [0, 0.05) is 25.2 Å². The number of hydrogen-bond acceptors (Lipinski definition) is 4. The highest BCUT2D eigenvalue weighted by molar-refractivity contribution is 5.02. The lowest BCUT2D eigenvalue weighted by molar-refractivity contribution is -0.0976. The normalized spacial score (nSPS) is 31.1. The van der Waals surface area contributed by atoms with E-state index in [1.54, 1.807) is 0 Å². The first-order valence-electron chi connectivity index (χ1n) is 7.73. The molecule has 0 aromatic heterocycles. The quantitative estimate of drug-likeness (QED) is 0.689. The zero-order chi connectivity index (χ0) is 13.7. The van der Waals surface area contributed by atoms with Crippen LogP contribution in [0.4, 0.5) is 0 Å². The van der Waals surface area contributed by atoms with E-state index >= 15 is 0 Å². The lowest BCUT2D eigenvalue weighted by Gasteiger charge is -2.51. The van der Waals surface area contributed by atoms with E-state index < -0.39 is 0 Å². The van der Waals surface area contributed by atoms with Crippen LogP contribution >= 0.6 is 0 Å². The van der Waals surface area contributed by atoms with E-state index in [9.17, 15) is 0 Å². The molecule has 1 aliphatic carbocycles. The van der Waals surface area contributed by atoms with Crippen molar-refractivity contribution in [1.29, 1.82) is 0 Å². The summed E-state index contributed by atoms with van der Waals surface area (Å²) in [6.45, 7) is 8.73. The van der Waals surface area contributed by atoms with Gasteiger partial charge in [0.1, 0.15) is 0 Å². The number of rotatable bonds is 7. The summed E-state index contributed by atoms with van der Waals surface area (Å²) in [7, 11) is 1.81. The van der Waals surface area contributed by atoms with E-state index in [2.05, 4.69) is 24.5 Å². The van der Waals surface area contributed by atoms with Gasteiger partial charge in [-0.3, -0.25) is 0 Å². The van der Waals surface area contributed by atoms with Crippen LogP contribution in [-0.4, -0.2) is 51.6 Å². The molecular formula is C15H30N2O2. The summed E-state index contributed by atoms with van der Waals surface area (Å²) in [5.41, 5.74) is 0.268. The third-order valence-corrected chi connectivity index (χ3v) is 4.81. The lowest BCUT2D eigenvalue weighted by atomic mass is 9.64. The van der Waals surface area contributed by atoms with E-state index in [1.165, 1.54) is 12.8 Å². The van der Waals surface area contributed by atoms with Gasteiger partial charge in [0.25, 0.3) is 0 Å². The third kappa shape index (κ3) is 3.91. The van der Waals surface area contributed by atoms with E-state index in [-0.39, 0.29) is 5.41 Å². The molecule has 1 saturated heterocycles. The molecule has 2 unspecified atom stereocenters. The Kier molecular flexibility index (Phi) is 5.63. The standard InChI is InChI=1S/C15H30N2O2/c1-15(2)13(11-14(15)18-3)17-7-4-10-19-12-5-8-16-9-6-12/h12-14,16-17H,4-11H2,1-3H3. The topological polar surface area (TPSA) is 42.5 Å². The van der Waals surface area contributed by atoms with Gasteiger partial charge in [-0.1, -0.05) is 13.8 Å². The molecular weight excluding hydrogens is 240 g/mol. The molecule has 2 atom stereocenters. The van der Waals surface area contributed by atoms with Gasteiger partial charge in [0.05, 0.1) is 12.2 Å². The molecule has 0 aromatic rings. The summed E-state index contributed by atoms with van der Waals surface area (Å²) >= 11 is 0. The molecule has 2 N–H and O–H groups in total. The zero-order valence-electron chi connectivity index (χ0n) is 12.7. The Hall–Kier alpha value is -0.160. The van der Waals surface area contributed by atoms with Crippen molar-refractivity contribution < 1.29 is 9.47 Å². The van der Waals surface area contributed by atoms with Crippen LogP contribution < -0.4 is 10.6 Å². The van der Waals surface area contributed by atoms with Gasteiger partial charge in [0.15, 0.2) is 0 Å². The lowest BCUT2D eigenvalue weighted by Crippen LogP contribution is -2.60. The Balaban J connectivity index is 1.50. The molecule has 2 rings (SSSR count). The molecule has 4 nitrogen and oxygen atoms in total. The Labute approximate surface area is 117 Å². The smallest absolute Gasteiger partial charge is 0.0652 e. The van der Waals surface area contributed by atoms with Crippen molar-refractivity contribution in [3.63, 3.8) is 0 Å². The van der Waals surface area contributed by atoms with Gasteiger partial charge < -0.3 is 20.1 Å². The van der Waals surface area contributed by atoms with E-state index in [0.29, 0.717) is 18.2 Å². The van der Waals surface area contributed by atoms with Crippen molar-refractivity contribution in [2.24, 2.45) is 5.41 Å². The fourth-order valence-electron chi connectivity index (χ4n) is 3.19. The van der Waals surface area contributed by atoms with Crippen molar-refractivity contribution in [2.45, 2.75) is 57.8 Å². The first-order valence-corrected chi connectivity index (χ1v) is 7.73. The van der Waals surface area contributed by atoms with Crippen LogP contribution in [0, 0.1) is 5.41 Å². The maximum atomic E-state index is 5.91. The predicted octanol–water partition coefficient (Wildman–Crippen LogP) is 1.55. The van der Waals surface area contributed by atoms with Crippen molar-refractivity contribution in [3.05, 3.63) is 0 Å². The van der Waals surface area contributed by atoms with Crippen LogP contribution in [0.2, 0.25) is 0 Å². The van der Waals surface area contributed by atoms with Gasteiger partial charge >= 0.3 is 0 Å². The minimum atomic E-state index is 0.268. The number of hydrogen-bond donors (Lipinski definition) is 2. The monoisotopic (exact) mass is 270 g/mol. The second-order valence-electron chi connectivity index (χ2n) is 6.46. The maximum Gasteiger partial charge on any atom is 0.0652 e. The largest absolute Gasteiger partial charge is 0.381 e. The average Bonchev–Trinajstić information content (AvgIpc) is 2.42. The van der Waals surface area contributed by atoms with Crippen molar-refractivity contribution in [3.8, 4) is 0 Å². The summed E-state index contributed by atoms with van der Waals surface area (Å²) < 4.78 is 11.4. The van der Waals surface area contributed by atoms with Gasteiger partial charge in [-0.15, -0.1) is 0 Å². The summed E-state index contributed by atoms with van der Waals surface area (Å²) in [4.78, 5) is 0. The van der Waals surface area contributed by atoms with Gasteiger partial charge in [-0.2, -0.15) is 0 Å². The SMILES string of the molecule is COC1CC(NCCCOC2CCNCC2)C1(C)C. The molecule has 0 radical (unpaired) electrons. The van der Waals surface area contributed by atoms with Crippen molar-refractivity contribution >= 4 is 0 Å². The molecule has 112 valence electrons. The van der Waals surface area contributed by atoms with Crippen LogP contribution in [0.25, 0.3) is 0 Å². The number of ether oxygens (including phenoxy) is 2. The molecule has 4 heteroatoms. The highest BCUT2D eigenvalue weighted by Gasteiger charge is 2.47. The highest BCUT2D eigenvalue weighted by atomic mass is 16.5.